The molecule has 2 fully saturated rings. The van der Waals surface area contributed by atoms with Gasteiger partial charge in [0.15, 0.2) is 0 Å². The van der Waals surface area contributed by atoms with Crippen LogP contribution in [0.2, 0.25) is 0 Å². The number of pyridine rings is 1. The zero-order valence-electron chi connectivity index (χ0n) is 20.1. The fourth-order valence-electron chi connectivity index (χ4n) is 5.45. The predicted molar refractivity (Wildman–Crippen MR) is 133 cm³/mol. The van der Waals surface area contributed by atoms with Crippen molar-refractivity contribution in [2.75, 3.05) is 0 Å². The van der Waals surface area contributed by atoms with Crippen molar-refractivity contribution < 1.29 is 23.9 Å². The van der Waals surface area contributed by atoms with Gasteiger partial charge in [-0.1, -0.05) is 36.4 Å². The van der Waals surface area contributed by atoms with E-state index in [9.17, 15) is 19.2 Å². The summed E-state index contributed by atoms with van der Waals surface area (Å²) in [6.45, 7) is 0.548. The number of rotatable bonds is 5. The maximum Gasteiger partial charge on any atom is 0.407 e. The van der Waals surface area contributed by atoms with Crippen molar-refractivity contribution in [2.24, 2.45) is 0 Å². The molecule has 2 N–H and O–H groups in total. The van der Waals surface area contributed by atoms with Gasteiger partial charge < -0.3 is 15.0 Å². The SMILES string of the molecule is O=C1CC[C@H](N2Cc3ccc(CNC(=O)OC4CC(c5cccc6cccnc56)C4)cc3C2=O)C(=O)N1. The lowest BCUT2D eigenvalue weighted by atomic mass is 9.77. The monoisotopic (exact) mass is 498 g/mol. The van der Waals surface area contributed by atoms with Gasteiger partial charge in [0.25, 0.3) is 5.91 Å². The van der Waals surface area contributed by atoms with Crippen LogP contribution < -0.4 is 10.6 Å². The summed E-state index contributed by atoms with van der Waals surface area (Å²) >= 11 is 0. The lowest BCUT2D eigenvalue weighted by Crippen LogP contribution is -2.52. The van der Waals surface area contributed by atoms with Gasteiger partial charge in [0.05, 0.1) is 5.52 Å². The van der Waals surface area contributed by atoms with Crippen LogP contribution in [0.3, 0.4) is 0 Å². The van der Waals surface area contributed by atoms with Crippen molar-refractivity contribution in [3.05, 3.63) is 77.0 Å². The van der Waals surface area contributed by atoms with Crippen molar-refractivity contribution in [1.29, 1.82) is 0 Å². The van der Waals surface area contributed by atoms with E-state index in [1.165, 1.54) is 10.5 Å². The number of imide groups is 1. The Morgan fingerprint density at radius 2 is 1.95 bits per heavy atom. The van der Waals surface area contributed by atoms with E-state index in [1.54, 1.807) is 12.3 Å². The van der Waals surface area contributed by atoms with Crippen LogP contribution in [-0.2, 0) is 27.4 Å². The largest absolute Gasteiger partial charge is 0.446 e. The highest BCUT2D eigenvalue weighted by Gasteiger charge is 2.39. The highest BCUT2D eigenvalue weighted by atomic mass is 16.6. The van der Waals surface area contributed by atoms with E-state index in [4.69, 9.17) is 4.74 Å². The summed E-state index contributed by atoms with van der Waals surface area (Å²) in [5.74, 6) is -0.672. The number of fused-ring (bicyclic) bond motifs is 2. The first-order chi connectivity index (χ1) is 18.0. The van der Waals surface area contributed by atoms with Crippen LogP contribution in [-0.4, -0.2) is 45.8 Å². The van der Waals surface area contributed by atoms with Crippen LogP contribution in [0.15, 0.2) is 54.7 Å². The number of nitrogens with one attached hydrogen (secondary N) is 2. The van der Waals surface area contributed by atoms with Crippen LogP contribution in [0.4, 0.5) is 4.79 Å². The van der Waals surface area contributed by atoms with Crippen LogP contribution in [0, 0.1) is 0 Å². The van der Waals surface area contributed by atoms with Crippen LogP contribution in [0.5, 0.6) is 0 Å². The second-order valence-corrected chi connectivity index (χ2v) is 9.86. The van der Waals surface area contributed by atoms with Gasteiger partial charge in [0, 0.05) is 36.7 Å². The minimum Gasteiger partial charge on any atom is -0.446 e. The topological polar surface area (TPSA) is 118 Å². The standard InChI is InChI=1S/C28H26N4O5/c33-24-9-8-23(26(34)31-24)32-15-18-7-6-16(11-22(18)27(32)35)14-30-28(36)37-20-12-19(13-20)21-5-1-3-17-4-2-10-29-25(17)21/h1-7,10-11,19-20,23H,8-9,12-15H2,(H,30,36)(H,31,33,34)/t19?,20?,23-/m0/s1. The molecule has 4 amide bonds. The Morgan fingerprint density at radius 1 is 1.11 bits per heavy atom. The zero-order valence-corrected chi connectivity index (χ0v) is 20.1. The highest BCUT2D eigenvalue weighted by molar-refractivity contribution is 6.05. The molecular weight excluding hydrogens is 472 g/mol. The normalized spacial score (nSPS) is 22.9. The number of ether oxygens (including phenoxy) is 1. The van der Waals surface area contributed by atoms with E-state index in [0.717, 1.165) is 34.9 Å². The maximum absolute atomic E-state index is 13.0. The second kappa shape index (κ2) is 9.31. The quantitative estimate of drug-likeness (QED) is 0.522. The van der Waals surface area contributed by atoms with Crippen molar-refractivity contribution in [1.82, 2.24) is 20.5 Å². The average Bonchev–Trinajstić information content (AvgIpc) is 3.20. The molecule has 6 rings (SSSR count). The molecule has 2 aromatic carbocycles. The summed E-state index contributed by atoms with van der Waals surface area (Å²) in [5.41, 5.74) is 4.29. The molecule has 188 valence electrons. The molecule has 1 saturated heterocycles. The van der Waals surface area contributed by atoms with Gasteiger partial charge in [0.2, 0.25) is 11.8 Å². The number of aromatic nitrogens is 1. The van der Waals surface area contributed by atoms with E-state index < -0.39 is 18.0 Å². The molecule has 0 unspecified atom stereocenters. The van der Waals surface area contributed by atoms with Crippen molar-refractivity contribution >= 4 is 34.7 Å². The van der Waals surface area contributed by atoms with Gasteiger partial charge in [-0.25, -0.2) is 4.79 Å². The van der Waals surface area contributed by atoms with Gasteiger partial charge in [-0.2, -0.15) is 0 Å². The molecule has 3 aromatic rings. The molecule has 0 bridgehead atoms. The number of para-hydroxylation sites is 1. The first-order valence-corrected chi connectivity index (χ1v) is 12.5. The molecule has 1 aromatic heterocycles. The number of alkyl carbamates (subject to hydrolysis) is 1. The highest BCUT2D eigenvalue weighted by Crippen LogP contribution is 2.41. The van der Waals surface area contributed by atoms with E-state index in [2.05, 4.69) is 21.7 Å². The first kappa shape index (κ1) is 23.1. The van der Waals surface area contributed by atoms with Crippen LogP contribution in [0.25, 0.3) is 10.9 Å². The number of amides is 4. The van der Waals surface area contributed by atoms with Gasteiger partial charge >= 0.3 is 6.09 Å². The molecule has 9 heteroatoms. The van der Waals surface area contributed by atoms with E-state index >= 15 is 0 Å². The summed E-state index contributed by atoms with van der Waals surface area (Å²) in [7, 11) is 0. The lowest BCUT2D eigenvalue weighted by molar-refractivity contribution is -0.136. The minimum absolute atomic E-state index is 0.146. The maximum atomic E-state index is 13.0. The van der Waals surface area contributed by atoms with E-state index in [-0.39, 0.29) is 30.9 Å². The van der Waals surface area contributed by atoms with Gasteiger partial charge in [-0.3, -0.25) is 24.7 Å². The number of piperidine rings is 1. The fourth-order valence-corrected chi connectivity index (χ4v) is 5.45. The van der Waals surface area contributed by atoms with Gasteiger partial charge in [-0.05, 0) is 54.0 Å². The van der Waals surface area contributed by atoms with Crippen LogP contribution in [0.1, 0.15) is 58.6 Å². The summed E-state index contributed by atoms with van der Waals surface area (Å²) < 4.78 is 5.58. The Hall–Kier alpha value is -4.27. The molecule has 37 heavy (non-hydrogen) atoms. The predicted octanol–water partition coefficient (Wildman–Crippen LogP) is 3.17. The summed E-state index contributed by atoms with van der Waals surface area (Å²) in [5, 5.41) is 6.19. The van der Waals surface area contributed by atoms with E-state index in [0.29, 0.717) is 24.4 Å². The summed E-state index contributed by atoms with van der Waals surface area (Å²) in [6.07, 6.45) is 3.21. The molecule has 1 atom stereocenters. The number of hydrogen-bond donors (Lipinski definition) is 2. The van der Waals surface area contributed by atoms with E-state index in [1.807, 2.05) is 36.4 Å². The average molecular weight is 499 g/mol. The molecular formula is C28H26N4O5. The Morgan fingerprint density at radius 3 is 2.78 bits per heavy atom. The lowest BCUT2D eigenvalue weighted by Gasteiger charge is -2.35. The Labute approximate surface area is 213 Å². The van der Waals surface area contributed by atoms with Gasteiger partial charge in [-0.15, -0.1) is 0 Å². The van der Waals surface area contributed by atoms with Crippen molar-refractivity contribution in [2.45, 2.75) is 56.8 Å². The Bertz CT molecular complexity index is 1430. The molecule has 3 aliphatic rings. The molecule has 0 radical (unpaired) electrons. The number of carbonyl (C=O) groups excluding carboxylic acids is 4. The number of hydrogen-bond acceptors (Lipinski definition) is 6. The Balaban J connectivity index is 1.02. The third-order valence-electron chi connectivity index (χ3n) is 7.50. The molecule has 1 aliphatic carbocycles. The third-order valence-corrected chi connectivity index (χ3v) is 7.50. The molecule has 9 nitrogen and oxygen atoms in total. The third kappa shape index (κ3) is 4.41. The molecule has 0 spiro atoms. The summed E-state index contributed by atoms with van der Waals surface area (Å²) in [6, 6.07) is 14.9. The van der Waals surface area contributed by atoms with Crippen molar-refractivity contribution in [3.8, 4) is 0 Å². The molecule has 1 saturated carbocycles. The number of carbonyl (C=O) groups is 4. The minimum atomic E-state index is -0.648. The molecule has 2 aliphatic heterocycles. The van der Waals surface area contributed by atoms with Gasteiger partial charge in [0.1, 0.15) is 12.1 Å². The second-order valence-electron chi connectivity index (χ2n) is 9.86. The van der Waals surface area contributed by atoms with Crippen LogP contribution >= 0.6 is 0 Å². The molecule has 3 heterocycles. The number of benzene rings is 2. The summed E-state index contributed by atoms with van der Waals surface area (Å²) in [4.78, 5) is 55.1. The first-order valence-electron chi connectivity index (χ1n) is 12.5. The zero-order chi connectivity index (χ0) is 25.5. The Kier molecular flexibility index (Phi) is 5.82. The number of nitrogens with zero attached hydrogens (tertiary/aromatic N) is 2. The fraction of sp³-hybridized carbons (Fsp3) is 0.321. The smallest absolute Gasteiger partial charge is 0.407 e. The van der Waals surface area contributed by atoms with Crippen molar-refractivity contribution in [3.63, 3.8) is 0 Å².